The van der Waals surface area contributed by atoms with Gasteiger partial charge in [-0.15, -0.1) is 0 Å². The first-order chi connectivity index (χ1) is 6.19. The second kappa shape index (κ2) is 4.63. The summed E-state index contributed by atoms with van der Waals surface area (Å²) in [6, 6.07) is 5.96. The zero-order valence-corrected chi connectivity index (χ0v) is 9.47. The maximum absolute atomic E-state index is 5.92. The molecule has 0 aromatic heterocycles. The van der Waals surface area contributed by atoms with E-state index in [0.29, 0.717) is 0 Å². The molecule has 3 heteroatoms. The summed E-state index contributed by atoms with van der Waals surface area (Å²) in [7, 11) is 1.65. The molecule has 0 spiro atoms. The van der Waals surface area contributed by atoms with Crippen LogP contribution in [0.2, 0.25) is 0 Å². The second-order valence-electron chi connectivity index (χ2n) is 2.90. The molecule has 2 nitrogen and oxygen atoms in total. The van der Waals surface area contributed by atoms with Gasteiger partial charge < -0.3 is 10.5 Å². The Kier molecular flexibility index (Phi) is 3.75. The first-order valence-electron chi connectivity index (χ1n) is 4.28. The molecule has 0 heterocycles. The number of nitrogens with two attached hydrogens (primary N) is 1. The maximum atomic E-state index is 5.92. The van der Waals surface area contributed by atoms with E-state index in [2.05, 4.69) is 22.9 Å². The summed E-state index contributed by atoms with van der Waals surface area (Å²) in [5.41, 5.74) is 7.04. The summed E-state index contributed by atoms with van der Waals surface area (Å²) in [4.78, 5) is 0. The van der Waals surface area contributed by atoms with Crippen LogP contribution < -0.4 is 10.5 Å². The molecule has 13 heavy (non-hydrogen) atoms. The summed E-state index contributed by atoms with van der Waals surface area (Å²) in [6.07, 6.45) is 0.935. The topological polar surface area (TPSA) is 35.2 Å². The van der Waals surface area contributed by atoms with Gasteiger partial charge in [-0.25, -0.2) is 0 Å². The van der Waals surface area contributed by atoms with Crippen LogP contribution in [0.1, 0.15) is 24.9 Å². The van der Waals surface area contributed by atoms with Crippen molar-refractivity contribution >= 4 is 15.9 Å². The molecule has 1 aromatic rings. The highest BCUT2D eigenvalue weighted by molar-refractivity contribution is 9.10. The quantitative estimate of drug-likeness (QED) is 0.887. The molecule has 0 saturated carbocycles. The molecule has 1 rings (SSSR count). The van der Waals surface area contributed by atoms with Crippen molar-refractivity contribution in [2.45, 2.75) is 19.4 Å². The Bertz CT molecular complexity index is 288. The normalized spacial score (nSPS) is 12.6. The third-order valence-electron chi connectivity index (χ3n) is 2.05. The zero-order chi connectivity index (χ0) is 9.84. The molecule has 0 aliphatic carbocycles. The van der Waals surface area contributed by atoms with Gasteiger partial charge in [-0.05, 0) is 24.1 Å². The standard InChI is InChI=1S/C10H14BrNO/c1-3-10(12)8-5-4-7(13-2)6-9(8)11/h4-6,10H,3,12H2,1-2H3. The van der Waals surface area contributed by atoms with E-state index in [9.17, 15) is 0 Å². The fraction of sp³-hybridized carbons (Fsp3) is 0.400. The highest BCUT2D eigenvalue weighted by atomic mass is 79.9. The summed E-state index contributed by atoms with van der Waals surface area (Å²) in [5.74, 6) is 0.846. The van der Waals surface area contributed by atoms with E-state index in [0.717, 1.165) is 22.2 Å². The minimum absolute atomic E-state index is 0.0975. The number of benzene rings is 1. The summed E-state index contributed by atoms with van der Waals surface area (Å²) in [6.45, 7) is 2.07. The molecule has 0 fully saturated rings. The van der Waals surface area contributed by atoms with Crippen molar-refractivity contribution in [3.8, 4) is 5.75 Å². The Morgan fingerprint density at radius 2 is 2.23 bits per heavy atom. The van der Waals surface area contributed by atoms with Gasteiger partial charge in [-0.3, -0.25) is 0 Å². The second-order valence-corrected chi connectivity index (χ2v) is 3.76. The molecule has 1 unspecified atom stereocenters. The molecule has 1 atom stereocenters. The molecule has 0 amide bonds. The van der Waals surface area contributed by atoms with Crippen LogP contribution in [0.25, 0.3) is 0 Å². The number of halogens is 1. The summed E-state index contributed by atoms with van der Waals surface area (Å²) in [5, 5.41) is 0. The van der Waals surface area contributed by atoms with Crippen LogP contribution in [0, 0.1) is 0 Å². The van der Waals surface area contributed by atoms with Crippen LogP contribution in [0.4, 0.5) is 0 Å². The lowest BCUT2D eigenvalue weighted by molar-refractivity contribution is 0.414. The van der Waals surface area contributed by atoms with Gasteiger partial charge >= 0.3 is 0 Å². The summed E-state index contributed by atoms with van der Waals surface area (Å²) < 4.78 is 6.11. The number of hydrogen-bond acceptors (Lipinski definition) is 2. The van der Waals surface area contributed by atoms with Crippen LogP contribution in [-0.4, -0.2) is 7.11 Å². The fourth-order valence-corrected chi connectivity index (χ4v) is 1.81. The molecule has 1 aromatic carbocycles. The molecular formula is C10H14BrNO. The Morgan fingerprint density at radius 1 is 1.54 bits per heavy atom. The largest absolute Gasteiger partial charge is 0.497 e. The van der Waals surface area contributed by atoms with Gasteiger partial charge in [-0.2, -0.15) is 0 Å². The molecule has 0 aliphatic rings. The Balaban J connectivity index is 2.98. The maximum Gasteiger partial charge on any atom is 0.120 e. The molecule has 0 radical (unpaired) electrons. The van der Waals surface area contributed by atoms with Crippen molar-refractivity contribution < 1.29 is 4.74 Å². The van der Waals surface area contributed by atoms with E-state index in [1.165, 1.54) is 0 Å². The predicted molar refractivity (Wildman–Crippen MR) is 57.9 cm³/mol. The van der Waals surface area contributed by atoms with E-state index < -0.39 is 0 Å². The molecular weight excluding hydrogens is 230 g/mol. The highest BCUT2D eigenvalue weighted by Gasteiger charge is 2.07. The van der Waals surface area contributed by atoms with E-state index in [4.69, 9.17) is 10.5 Å². The van der Waals surface area contributed by atoms with Crippen molar-refractivity contribution in [1.29, 1.82) is 0 Å². The average molecular weight is 244 g/mol. The van der Waals surface area contributed by atoms with Crippen LogP contribution in [0.15, 0.2) is 22.7 Å². The lowest BCUT2D eigenvalue weighted by Gasteiger charge is -2.12. The Morgan fingerprint density at radius 3 is 2.69 bits per heavy atom. The van der Waals surface area contributed by atoms with Gasteiger partial charge in [-0.1, -0.05) is 28.9 Å². The first kappa shape index (κ1) is 10.5. The Hall–Kier alpha value is -0.540. The van der Waals surface area contributed by atoms with Crippen LogP contribution >= 0.6 is 15.9 Å². The van der Waals surface area contributed by atoms with Crippen molar-refractivity contribution in [3.63, 3.8) is 0 Å². The van der Waals surface area contributed by atoms with Gasteiger partial charge in [0.2, 0.25) is 0 Å². The van der Waals surface area contributed by atoms with Crippen molar-refractivity contribution in [3.05, 3.63) is 28.2 Å². The number of rotatable bonds is 3. The number of ether oxygens (including phenoxy) is 1. The van der Waals surface area contributed by atoms with Crippen molar-refractivity contribution in [1.82, 2.24) is 0 Å². The van der Waals surface area contributed by atoms with E-state index >= 15 is 0 Å². The average Bonchev–Trinajstić information content (AvgIpc) is 2.16. The van der Waals surface area contributed by atoms with Gasteiger partial charge in [0.25, 0.3) is 0 Å². The van der Waals surface area contributed by atoms with Gasteiger partial charge in [0, 0.05) is 10.5 Å². The third kappa shape index (κ3) is 2.45. The van der Waals surface area contributed by atoms with E-state index in [1.807, 2.05) is 18.2 Å². The van der Waals surface area contributed by atoms with Crippen LogP contribution in [0.5, 0.6) is 5.75 Å². The van der Waals surface area contributed by atoms with Gasteiger partial charge in [0.05, 0.1) is 7.11 Å². The van der Waals surface area contributed by atoms with Crippen LogP contribution in [0.3, 0.4) is 0 Å². The molecule has 0 saturated heterocycles. The van der Waals surface area contributed by atoms with E-state index in [-0.39, 0.29) is 6.04 Å². The SMILES string of the molecule is CCC(N)c1ccc(OC)cc1Br. The smallest absolute Gasteiger partial charge is 0.120 e. The Labute approximate surface area is 87.2 Å². The first-order valence-corrected chi connectivity index (χ1v) is 5.07. The van der Waals surface area contributed by atoms with E-state index in [1.54, 1.807) is 7.11 Å². The minimum Gasteiger partial charge on any atom is -0.497 e. The van der Waals surface area contributed by atoms with Crippen molar-refractivity contribution in [2.75, 3.05) is 7.11 Å². The molecule has 2 N–H and O–H groups in total. The minimum atomic E-state index is 0.0975. The highest BCUT2D eigenvalue weighted by Crippen LogP contribution is 2.27. The van der Waals surface area contributed by atoms with Gasteiger partial charge in [0.1, 0.15) is 5.75 Å². The molecule has 0 aliphatic heterocycles. The van der Waals surface area contributed by atoms with Gasteiger partial charge in [0.15, 0.2) is 0 Å². The monoisotopic (exact) mass is 243 g/mol. The zero-order valence-electron chi connectivity index (χ0n) is 7.88. The van der Waals surface area contributed by atoms with Crippen molar-refractivity contribution in [2.24, 2.45) is 5.73 Å². The lowest BCUT2D eigenvalue weighted by Crippen LogP contribution is -2.09. The predicted octanol–water partition coefficient (Wildman–Crippen LogP) is 2.87. The third-order valence-corrected chi connectivity index (χ3v) is 2.73. The fourth-order valence-electron chi connectivity index (χ4n) is 1.16. The number of methoxy groups -OCH3 is 1. The molecule has 0 bridgehead atoms. The molecule has 72 valence electrons. The van der Waals surface area contributed by atoms with Crippen LogP contribution in [-0.2, 0) is 0 Å². The number of hydrogen-bond donors (Lipinski definition) is 1. The summed E-state index contributed by atoms with van der Waals surface area (Å²) >= 11 is 3.47. The lowest BCUT2D eigenvalue weighted by atomic mass is 10.1.